The van der Waals surface area contributed by atoms with Crippen molar-refractivity contribution in [1.82, 2.24) is 4.57 Å². The molecule has 0 saturated carbocycles. The number of carboxylic acids is 1. The highest BCUT2D eigenvalue weighted by molar-refractivity contribution is 5.91. The summed E-state index contributed by atoms with van der Waals surface area (Å²) < 4.78 is 2.15. The van der Waals surface area contributed by atoms with Gasteiger partial charge in [0, 0.05) is 28.2 Å². The minimum Gasteiger partial charge on any atom is -0.480 e. The summed E-state index contributed by atoms with van der Waals surface area (Å²) in [6.45, 7) is 8.11. The number of nitrogens with zero attached hydrogens (tertiary/aromatic N) is 1. The van der Waals surface area contributed by atoms with Crippen molar-refractivity contribution in [3.05, 3.63) is 35.0 Å². The summed E-state index contributed by atoms with van der Waals surface area (Å²) in [6.07, 6.45) is 0. The van der Waals surface area contributed by atoms with Gasteiger partial charge in [0.2, 0.25) is 0 Å². The Morgan fingerprint density at radius 3 is 2.47 bits per heavy atom. The molecule has 1 aromatic carbocycles. The molecule has 0 amide bonds. The Kier molecular flexibility index (Phi) is 3.37. The number of carboxylic acid groups (broad SMARTS) is 1. The molecule has 1 atom stereocenters. The molecule has 0 aliphatic heterocycles. The van der Waals surface area contributed by atoms with Crippen LogP contribution >= 0.6 is 0 Å². The predicted molar refractivity (Wildman–Crippen MR) is 76.4 cm³/mol. The minimum absolute atomic E-state index is 0.264. The van der Waals surface area contributed by atoms with E-state index in [2.05, 4.69) is 18.4 Å². The molecule has 0 aliphatic carbocycles. The van der Waals surface area contributed by atoms with Crippen molar-refractivity contribution in [3.63, 3.8) is 0 Å². The smallest absolute Gasteiger partial charge is 0.325 e. The van der Waals surface area contributed by atoms with Crippen LogP contribution in [0.1, 0.15) is 42.8 Å². The van der Waals surface area contributed by atoms with E-state index in [9.17, 15) is 9.90 Å². The van der Waals surface area contributed by atoms with Crippen LogP contribution in [-0.4, -0.2) is 15.6 Å². The van der Waals surface area contributed by atoms with Crippen LogP contribution in [-0.2, 0) is 4.79 Å². The summed E-state index contributed by atoms with van der Waals surface area (Å²) in [5.74, 6) is -0.993. The van der Waals surface area contributed by atoms with Crippen molar-refractivity contribution in [2.45, 2.75) is 39.8 Å². The third kappa shape index (κ3) is 2.12. The highest BCUT2D eigenvalue weighted by atomic mass is 16.4. The Hall–Kier alpha value is -1.81. The van der Waals surface area contributed by atoms with Crippen LogP contribution < -0.4 is 5.73 Å². The van der Waals surface area contributed by atoms with Gasteiger partial charge in [-0.2, -0.15) is 0 Å². The normalized spacial score (nSPS) is 13.2. The van der Waals surface area contributed by atoms with E-state index in [0.717, 1.165) is 27.7 Å². The SMILES string of the molecule is Cc1ccc2c(c1)c(C(N)C(=O)O)c(C)n2C(C)C. The lowest BCUT2D eigenvalue weighted by atomic mass is 10.0. The summed E-state index contributed by atoms with van der Waals surface area (Å²) in [4.78, 5) is 11.2. The predicted octanol–water partition coefficient (Wildman–Crippen LogP) is 2.92. The zero-order valence-corrected chi connectivity index (χ0v) is 11.8. The fourth-order valence-corrected chi connectivity index (χ4v) is 2.76. The average Bonchev–Trinajstić information content (AvgIpc) is 2.59. The molecule has 0 spiro atoms. The summed E-state index contributed by atoms with van der Waals surface area (Å²) in [5, 5.41) is 10.1. The van der Waals surface area contributed by atoms with Crippen molar-refractivity contribution in [3.8, 4) is 0 Å². The Morgan fingerprint density at radius 2 is 1.95 bits per heavy atom. The van der Waals surface area contributed by atoms with Gasteiger partial charge in [-0.3, -0.25) is 4.79 Å². The number of aliphatic carboxylic acids is 1. The molecule has 102 valence electrons. The molecule has 2 aromatic rings. The second-order valence-corrected chi connectivity index (χ2v) is 5.30. The number of benzene rings is 1. The van der Waals surface area contributed by atoms with E-state index in [0.29, 0.717) is 0 Å². The summed E-state index contributed by atoms with van der Waals surface area (Å²) in [6, 6.07) is 5.37. The van der Waals surface area contributed by atoms with E-state index >= 15 is 0 Å². The topological polar surface area (TPSA) is 68.2 Å². The Balaban J connectivity index is 2.85. The molecule has 0 saturated heterocycles. The van der Waals surface area contributed by atoms with Crippen molar-refractivity contribution in [2.24, 2.45) is 5.73 Å². The summed E-state index contributed by atoms with van der Waals surface area (Å²) in [7, 11) is 0. The molecule has 4 heteroatoms. The van der Waals surface area contributed by atoms with Gasteiger partial charge in [-0.05, 0) is 39.8 Å². The van der Waals surface area contributed by atoms with Crippen LogP contribution in [0.2, 0.25) is 0 Å². The van der Waals surface area contributed by atoms with Crippen molar-refractivity contribution in [1.29, 1.82) is 0 Å². The zero-order chi connectivity index (χ0) is 14.3. The lowest BCUT2D eigenvalue weighted by Gasteiger charge is -2.13. The minimum atomic E-state index is -0.993. The Morgan fingerprint density at radius 1 is 1.32 bits per heavy atom. The maximum atomic E-state index is 11.2. The fraction of sp³-hybridized carbons (Fsp3) is 0.400. The Labute approximate surface area is 112 Å². The van der Waals surface area contributed by atoms with Gasteiger partial charge >= 0.3 is 5.97 Å². The number of aromatic nitrogens is 1. The molecule has 1 aromatic heterocycles. The third-order valence-electron chi connectivity index (χ3n) is 3.55. The largest absolute Gasteiger partial charge is 0.480 e. The molecule has 19 heavy (non-hydrogen) atoms. The molecular weight excluding hydrogens is 240 g/mol. The average molecular weight is 260 g/mol. The first-order chi connectivity index (χ1) is 8.84. The zero-order valence-electron chi connectivity index (χ0n) is 11.8. The monoisotopic (exact) mass is 260 g/mol. The maximum absolute atomic E-state index is 11.2. The number of hydrogen-bond acceptors (Lipinski definition) is 2. The van der Waals surface area contributed by atoms with Gasteiger partial charge in [0.05, 0.1) is 0 Å². The van der Waals surface area contributed by atoms with Crippen molar-refractivity contribution < 1.29 is 9.90 Å². The number of aryl methyl sites for hydroxylation is 1. The van der Waals surface area contributed by atoms with Gasteiger partial charge in [-0.15, -0.1) is 0 Å². The van der Waals surface area contributed by atoms with Gasteiger partial charge in [0.15, 0.2) is 0 Å². The lowest BCUT2D eigenvalue weighted by molar-refractivity contribution is -0.138. The first kappa shape index (κ1) is 13.6. The molecule has 0 radical (unpaired) electrons. The van der Waals surface area contributed by atoms with E-state index in [4.69, 9.17) is 5.73 Å². The second kappa shape index (κ2) is 4.70. The van der Waals surface area contributed by atoms with Crippen molar-refractivity contribution in [2.75, 3.05) is 0 Å². The fourth-order valence-electron chi connectivity index (χ4n) is 2.76. The molecule has 2 rings (SSSR count). The van der Waals surface area contributed by atoms with Crippen LogP contribution in [0.15, 0.2) is 18.2 Å². The lowest BCUT2D eigenvalue weighted by Crippen LogP contribution is -2.21. The van der Waals surface area contributed by atoms with Gasteiger partial charge in [0.1, 0.15) is 6.04 Å². The van der Waals surface area contributed by atoms with Gasteiger partial charge in [-0.1, -0.05) is 11.6 Å². The summed E-state index contributed by atoms with van der Waals surface area (Å²) >= 11 is 0. The molecule has 3 N–H and O–H groups in total. The first-order valence-electron chi connectivity index (χ1n) is 6.44. The molecule has 0 bridgehead atoms. The number of rotatable bonds is 3. The van der Waals surface area contributed by atoms with Crippen LogP contribution in [0.3, 0.4) is 0 Å². The van der Waals surface area contributed by atoms with Gasteiger partial charge < -0.3 is 15.4 Å². The first-order valence-corrected chi connectivity index (χ1v) is 6.44. The second-order valence-electron chi connectivity index (χ2n) is 5.30. The maximum Gasteiger partial charge on any atom is 0.325 e. The number of nitrogens with two attached hydrogens (primary N) is 1. The van der Waals surface area contributed by atoms with Crippen LogP contribution in [0.5, 0.6) is 0 Å². The van der Waals surface area contributed by atoms with E-state index in [1.165, 1.54) is 0 Å². The van der Waals surface area contributed by atoms with Crippen LogP contribution in [0.4, 0.5) is 0 Å². The highest BCUT2D eigenvalue weighted by Crippen LogP contribution is 2.33. The number of fused-ring (bicyclic) bond motifs is 1. The highest BCUT2D eigenvalue weighted by Gasteiger charge is 2.24. The quantitative estimate of drug-likeness (QED) is 0.891. The van der Waals surface area contributed by atoms with Crippen molar-refractivity contribution >= 4 is 16.9 Å². The molecule has 0 fully saturated rings. The van der Waals surface area contributed by atoms with Crippen LogP contribution in [0, 0.1) is 13.8 Å². The molecule has 0 aliphatic rings. The molecular formula is C15H20N2O2. The molecule has 4 nitrogen and oxygen atoms in total. The third-order valence-corrected chi connectivity index (χ3v) is 3.55. The number of carbonyl (C=O) groups is 1. The van der Waals surface area contributed by atoms with E-state index in [1.807, 2.05) is 32.0 Å². The van der Waals surface area contributed by atoms with Gasteiger partial charge in [-0.25, -0.2) is 0 Å². The van der Waals surface area contributed by atoms with Gasteiger partial charge in [0.25, 0.3) is 0 Å². The molecule has 1 unspecified atom stereocenters. The van der Waals surface area contributed by atoms with E-state index in [1.54, 1.807) is 0 Å². The molecule has 1 heterocycles. The summed E-state index contributed by atoms with van der Waals surface area (Å²) in [5.41, 5.74) is 9.66. The van der Waals surface area contributed by atoms with E-state index < -0.39 is 12.0 Å². The Bertz CT molecular complexity index is 641. The van der Waals surface area contributed by atoms with E-state index in [-0.39, 0.29) is 6.04 Å². The standard InChI is InChI=1S/C15H20N2O2/c1-8(2)17-10(4)13(14(16)15(18)19)11-7-9(3)5-6-12(11)17/h5-8,14H,16H2,1-4H3,(H,18,19). The van der Waals surface area contributed by atoms with Crippen LogP contribution in [0.25, 0.3) is 10.9 Å². The number of hydrogen-bond donors (Lipinski definition) is 2.